The van der Waals surface area contributed by atoms with Crippen LogP contribution in [0.25, 0.3) is 21.5 Å². The van der Waals surface area contributed by atoms with E-state index in [1.807, 2.05) is 30.3 Å². The fourth-order valence-electron chi connectivity index (χ4n) is 3.19. The Morgan fingerprint density at radius 1 is 1.19 bits per heavy atom. The van der Waals surface area contributed by atoms with Crippen LogP contribution in [0.1, 0.15) is 28.8 Å². The minimum atomic E-state index is -0.267. The average Bonchev–Trinajstić information content (AvgIpc) is 3.55. The van der Waals surface area contributed by atoms with Gasteiger partial charge in [0.1, 0.15) is 5.75 Å². The molecule has 0 radical (unpaired) electrons. The fraction of sp³-hybridized carbons (Fsp3) is 0.167. The first-order valence-corrected chi connectivity index (χ1v) is 10.7. The number of hydrogen-bond donors (Lipinski definition) is 1. The van der Waals surface area contributed by atoms with Gasteiger partial charge in [-0.2, -0.15) is 4.98 Å². The lowest BCUT2D eigenvalue weighted by atomic mass is 10.0. The summed E-state index contributed by atoms with van der Waals surface area (Å²) in [5.41, 5.74) is 3.44. The Morgan fingerprint density at radius 3 is 2.90 bits per heavy atom. The van der Waals surface area contributed by atoms with Crippen molar-refractivity contribution >= 4 is 32.7 Å². The number of nitrogens with one attached hydrogen (secondary N) is 1. The predicted octanol–water partition coefficient (Wildman–Crippen LogP) is 4.78. The van der Waals surface area contributed by atoms with E-state index in [0.29, 0.717) is 33.6 Å². The zero-order chi connectivity index (χ0) is 21.2. The summed E-state index contributed by atoms with van der Waals surface area (Å²) in [7, 11) is 1.60. The van der Waals surface area contributed by atoms with Gasteiger partial charge in [-0.1, -0.05) is 41.4 Å². The summed E-state index contributed by atoms with van der Waals surface area (Å²) in [4.78, 5) is 26.1. The zero-order valence-corrected chi connectivity index (χ0v) is 17.6. The summed E-state index contributed by atoms with van der Waals surface area (Å²) in [6.07, 6.45) is 7.36. The van der Waals surface area contributed by atoms with E-state index >= 15 is 0 Å². The zero-order valence-electron chi connectivity index (χ0n) is 16.8. The number of thiazole rings is 1. The molecular formula is C24H18N4O2S. The number of pyridine rings is 2. The molecule has 0 saturated heterocycles. The maximum atomic E-state index is 13.1. The molecule has 6 nitrogen and oxygen atoms in total. The summed E-state index contributed by atoms with van der Waals surface area (Å²) >= 11 is 1.38. The number of para-hydroxylation sites is 1. The molecule has 1 amide bonds. The van der Waals surface area contributed by atoms with E-state index in [2.05, 4.69) is 32.1 Å². The molecule has 0 aliphatic heterocycles. The Labute approximate surface area is 183 Å². The van der Waals surface area contributed by atoms with Gasteiger partial charge >= 0.3 is 0 Å². The topological polar surface area (TPSA) is 77.0 Å². The SMILES string of the molecule is COc1ccccc1-c1cnccc1C(=O)Nc1nc2ncc(C#CC3CC3)cc2s1. The van der Waals surface area contributed by atoms with Crippen LogP contribution in [0, 0.1) is 17.8 Å². The molecule has 7 heteroatoms. The Kier molecular flexibility index (Phi) is 5.06. The lowest BCUT2D eigenvalue weighted by molar-refractivity contribution is 0.102. The molecule has 3 heterocycles. The van der Waals surface area contributed by atoms with Crippen LogP contribution in [0.2, 0.25) is 0 Å². The number of hydrogen-bond acceptors (Lipinski definition) is 6. The van der Waals surface area contributed by atoms with Gasteiger partial charge in [0.05, 0.1) is 17.4 Å². The summed E-state index contributed by atoms with van der Waals surface area (Å²) in [6.45, 7) is 0. The molecule has 1 aromatic carbocycles. The van der Waals surface area contributed by atoms with Crippen LogP contribution in [-0.2, 0) is 0 Å². The average molecular weight is 427 g/mol. The van der Waals surface area contributed by atoms with Gasteiger partial charge in [0, 0.05) is 41.2 Å². The van der Waals surface area contributed by atoms with Crippen molar-refractivity contribution in [2.45, 2.75) is 12.8 Å². The molecule has 5 rings (SSSR count). The van der Waals surface area contributed by atoms with Crippen LogP contribution in [0.4, 0.5) is 5.13 Å². The third kappa shape index (κ3) is 4.11. The first kappa shape index (κ1) is 19.2. The number of anilines is 1. The standard InChI is InChI=1S/C24H18N4O2S/c1-30-20-5-3-2-4-17(20)19-14-25-11-10-18(19)23(29)28-24-27-22-21(31-24)12-16(13-26-22)9-8-15-6-7-15/h2-5,10-15H,6-7H2,1H3,(H,26,27,28,29). The second-order valence-electron chi connectivity index (χ2n) is 7.18. The van der Waals surface area contributed by atoms with E-state index in [0.717, 1.165) is 15.8 Å². The van der Waals surface area contributed by atoms with Gasteiger partial charge in [-0.25, -0.2) is 4.98 Å². The fourth-order valence-corrected chi connectivity index (χ4v) is 4.05. The highest BCUT2D eigenvalue weighted by Gasteiger charge is 2.19. The number of aromatic nitrogens is 3. The largest absolute Gasteiger partial charge is 0.496 e. The normalized spacial score (nSPS) is 12.8. The first-order chi connectivity index (χ1) is 15.2. The molecule has 0 atom stereocenters. The molecule has 1 N–H and O–H groups in total. The molecule has 152 valence electrons. The molecule has 1 aliphatic rings. The van der Waals surface area contributed by atoms with Crippen molar-refractivity contribution in [1.82, 2.24) is 15.0 Å². The maximum Gasteiger partial charge on any atom is 0.258 e. The molecule has 1 saturated carbocycles. The third-order valence-electron chi connectivity index (χ3n) is 4.93. The monoisotopic (exact) mass is 426 g/mol. The van der Waals surface area contributed by atoms with Gasteiger partial charge in [-0.3, -0.25) is 15.1 Å². The summed E-state index contributed by atoms with van der Waals surface area (Å²) in [5.74, 6) is 7.35. The highest BCUT2D eigenvalue weighted by Crippen LogP contribution is 2.33. The van der Waals surface area contributed by atoms with Crippen molar-refractivity contribution in [1.29, 1.82) is 0 Å². The molecule has 3 aromatic heterocycles. The van der Waals surface area contributed by atoms with Crippen LogP contribution in [0.3, 0.4) is 0 Å². The van der Waals surface area contributed by atoms with Crippen LogP contribution < -0.4 is 10.1 Å². The number of nitrogens with zero attached hydrogens (tertiary/aromatic N) is 3. The molecule has 0 spiro atoms. The van der Waals surface area contributed by atoms with Crippen molar-refractivity contribution < 1.29 is 9.53 Å². The minimum Gasteiger partial charge on any atom is -0.496 e. The second kappa shape index (κ2) is 8.17. The smallest absolute Gasteiger partial charge is 0.258 e. The second-order valence-corrected chi connectivity index (χ2v) is 8.21. The van der Waals surface area contributed by atoms with Crippen LogP contribution >= 0.6 is 11.3 Å². The van der Waals surface area contributed by atoms with Gasteiger partial charge in [-0.05, 0) is 31.0 Å². The number of ether oxygens (including phenoxy) is 1. The summed E-state index contributed by atoms with van der Waals surface area (Å²) in [5, 5.41) is 3.39. The summed E-state index contributed by atoms with van der Waals surface area (Å²) < 4.78 is 6.34. The van der Waals surface area contributed by atoms with Crippen LogP contribution in [-0.4, -0.2) is 28.0 Å². The Bertz CT molecular complexity index is 1350. The lowest BCUT2D eigenvalue weighted by Gasteiger charge is -2.11. The molecule has 1 aliphatic carbocycles. The van der Waals surface area contributed by atoms with Crippen molar-refractivity contribution in [3.63, 3.8) is 0 Å². The predicted molar refractivity (Wildman–Crippen MR) is 121 cm³/mol. The number of fused-ring (bicyclic) bond motifs is 1. The van der Waals surface area contributed by atoms with Gasteiger partial charge < -0.3 is 4.74 Å². The Balaban J connectivity index is 1.43. The number of amides is 1. The van der Waals surface area contributed by atoms with E-state index in [1.165, 1.54) is 24.2 Å². The van der Waals surface area contributed by atoms with Crippen molar-refractivity contribution in [3.05, 3.63) is 66.1 Å². The van der Waals surface area contributed by atoms with Crippen molar-refractivity contribution in [3.8, 4) is 28.7 Å². The van der Waals surface area contributed by atoms with E-state index in [-0.39, 0.29) is 5.91 Å². The lowest BCUT2D eigenvalue weighted by Crippen LogP contribution is -2.13. The maximum absolute atomic E-state index is 13.1. The number of methoxy groups -OCH3 is 1. The third-order valence-corrected chi connectivity index (χ3v) is 5.84. The summed E-state index contributed by atoms with van der Waals surface area (Å²) in [6, 6.07) is 11.2. The van der Waals surface area contributed by atoms with Gasteiger partial charge in [0.2, 0.25) is 0 Å². The van der Waals surface area contributed by atoms with E-state index < -0.39 is 0 Å². The van der Waals surface area contributed by atoms with Crippen LogP contribution in [0.15, 0.2) is 55.0 Å². The van der Waals surface area contributed by atoms with Crippen molar-refractivity contribution in [2.24, 2.45) is 5.92 Å². The van der Waals surface area contributed by atoms with Gasteiger partial charge in [0.25, 0.3) is 5.91 Å². The molecule has 31 heavy (non-hydrogen) atoms. The number of rotatable bonds is 4. The number of benzene rings is 1. The molecule has 1 fully saturated rings. The minimum absolute atomic E-state index is 0.267. The van der Waals surface area contributed by atoms with Gasteiger partial charge in [-0.15, -0.1) is 0 Å². The number of carbonyl (C=O) groups excluding carboxylic acids is 1. The van der Waals surface area contributed by atoms with E-state index in [9.17, 15) is 4.79 Å². The van der Waals surface area contributed by atoms with Crippen molar-refractivity contribution in [2.75, 3.05) is 12.4 Å². The quantitative estimate of drug-likeness (QED) is 0.476. The van der Waals surface area contributed by atoms with E-state index in [1.54, 1.807) is 31.8 Å². The Morgan fingerprint density at radius 2 is 2.06 bits per heavy atom. The first-order valence-electron chi connectivity index (χ1n) is 9.88. The van der Waals surface area contributed by atoms with E-state index in [4.69, 9.17) is 4.74 Å². The molecule has 4 aromatic rings. The molecule has 0 unspecified atom stereocenters. The molecule has 0 bridgehead atoms. The molecular weight excluding hydrogens is 408 g/mol. The highest BCUT2D eigenvalue weighted by molar-refractivity contribution is 7.22. The highest BCUT2D eigenvalue weighted by atomic mass is 32.1. The van der Waals surface area contributed by atoms with Crippen LogP contribution in [0.5, 0.6) is 5.75 Å². The Hall–Kier alpha value is -3.76. The number of carbonyl (C=O) groups is 1. The van der Waals surface area contributed by atoms with Gasteiger partial charge in [0.15, 0.2) is 10.8 Å².